The van der Waals surface area contributed by atoms with E-state index in [9.17, 15) is 0 Å². The van der Waals surface area contributed by atoms with Crippen LogP contribution in [0.2, 0.25) is 0 Å². The molecule has 1 aromatic heterocycles. The summed E-state index contributed by atoms with van der Waals surface area (Å²) in [6.45, 7) is 0. The first kappa shape index (κ1) is 8.61. The van der Waals surface area contributed by atoms with Crippen molar-refractivity contribution < 1.29 is 0 Å². The van der Waals surface area contributed by atoms with Crippen LogP contribution in [0.5, 0.6) is 0 Å². The molecule has 0 aliphatic heterocycles. The zero-order valence-corrected chi connectivity index (χ0v) is 10.4. The maximum Gasteiger partial charge on any atom is 0.101 e. The van der Waals surface area contributed by atoms with Gasteiger partial charge in [-0.25, -0.2) is 0 Å². The molecule has 0 saturated heterocycles. The molecule has 2 N–H and O–H groups in total. The molecule has 1 aromatic carbocycles. The fourth-order valence-corrected chi connectivity index (χ4v) is 2.56. The SMILES string of the molecule is Nn1c(I)cc2cccc(I)c21. The molecule has 0 fully saturated rings. The second kappa shape index (κ2) is 3.06. The zero-order valence-electron chi connectivity index (χ0n) is 6.09. The van der Waals surface area contributed by atoms with Crippen molar-refractivity contribution in [1.82, 2.24) is 4.68 Å². The predicted molar refractivity (Wildman–Crippen MR) is 67.5 cm³/mol. The van der Waals surface area contributed by atoms with Crippen molar-refractivity contribution in [1.29, 1.82) is 0 Å². The van der Waals surface area contributed by atoms with Crippen LogP contribution in [0.3, 0.4) is 0 Å². The van der Waals surface area contributed by atoms with Gasteiger partial charge in [0.1, 0.15) is 3.70 Å². The average molecular weight is 384 g/mol. The van der Waals surface area contributed by atoms with E-state index in [4.69, 9.17) is 5.84 Å². The van der Waals surface area contributed by atoms with Gasteiger partial charge in [0.05, 0.1) is 5.52 Å². The normalized spacial score (nSPS) is 10.8. The standard InChI is InChI=1S/C8H6I2N2/c9-6-3-1-2-5-4-7(10)12(11)8(5)6/h1-4H,11H2. The Kier molecular flexibility index (Phi) is 2.19. The maximum atomic E-state index is 5.84. The highest BCUT2D eigenvalue weighted by atomic mass is 127. The third kappa shape index (κ3) is 1.20. The first-order chi connectivity index (χ1) is 5.70. The van der Waals surface area contributed by atoms with Crippen molar-refractivity contribution in [2.75, 3.05) is 5.84 Å². The summed E-state index contributed by atoms with van der Waals surface area (Å²) in [4.78, 5) is 0. The van der Waals surface area contributed by atoms with Gasteiger partial charge in [-0.1, -0.05) is 12.1 Å². The lowest BCUT2D eigenvalue weighted by Crippen LogP contribution is -2.09. The second-order valence-electron chi connectivity index (χ2n) is 2.51. The summed E-state index contributed by atoms with van der Waals surface area (Å²) in [5.41, 5.74) is 1.11. The van der Waals surface area contributed by atoms with Gasteiger partial charge in [0, 0.05) is 8.96 Å². The predicted octanol–water partition coefficient (Wildman–Crippen LogP) is 2.56. The molecule has 0 saturated carbocycles. The van der Waals surface area contributed by atoms with Crippen LogP contribution in [-0.2, 0) is 0 Å². The van der Waals surface area contributed by atoms with Crippen molar-refractivity contribution in [2.45, 2.75) is 0 Å². The third-order valence-electron chi connectivity index (χ3n) is 1.76. The molecule has 2 nitrogen and oxygen atoms in total. The van der Waals surface area contributed by atoms with Gasteiger partial charge < -0.3 is 5.84 Å². The molecular weight excluding hydrogens is 378 g/mol. The van der Waals surface area contributed by atoms with Crippen molar-refractivity contribution in [3.8, 4) is 0 Å². The Morgan fingerprint density at radius 3 is 2.67 bits per heavy atom. The molecule has 0 atom stereocenters. The van der Waals surface area contributed by atoms with Gasteiger partial charge >= 0.3 is 0 Å². The summed E-state index contributed by atoms with van der Waals surface area (Å²) in [5.74, 6) is 5.84. The van der Waals surface area contributed by atoms with E-state index in [0.29, 0.717) is 0 Å². The molecule has 12 heavy (non-hydrogen) atoms. The second-order valence-corrected chi connectivity index (χ2v) is 4.78. The van der Waals surface area contributed by atoms with E-state index in [1.165, 1.54) is 8.96 Å². The van der Waals surface area contributed by atoms with Crippen LogP contribution in [0.1, 0.15) is 0 Å². The van der Waals surface area contributed by atoms with Crippen molar-refractivity contribution in [3.63, 3.8) is 0 Å². The summed E-state index contributed by atoms with van der Waals surface area (Å²) in [5, 5.41) is 1.20. The molecule has 62 valence electrons. The fourth-order valence-electron chi connectivity index (χ4n) is 1.21. The van der Waals surface area contributed by atoms with Gasteiger partial charge in [0.15, 0.2) is 0 Å². The van der Waals surface area contributed by atoms with Gasteiger partial charge in [0.2, 0.25) is 0 Å². The number of aromatic nitrogens is 1. The summed E-state index contributed by atoms with van der Waals surface area (Å²) in [7, 11) is 0. The monoisotopic (exact) mass is 384 g/mol. The van der Waals surface area contributed by atoms with Crippen LogP contribution in [0.25, 0.3) is 10.9 Å². The Morgan fingerprint density at radius 2 is 2.00 bits per heavy atom. The van der Waals surface area contributed by atoms with E-state index in [1.807, 2.05) is 6.07 Å². The van der Waals surface area contributed by atoms with Crippen molar-refractivity contribution >= 4 is 56.1 Å². The molecule has 2 rings (SSSR count). The number of nitrogens with zero attached hydrogens (tertiary/aromatic N) is 1. The van der Waals surface area contributed by atoms with Crippen LogP contribution in [0.4, 0.5) is 0 Å². The van der Waals surface area contributed by atoms with E-state index < -0.39 is 0 Å². The minimum absolute atomic E-state index is 1.06. The maximum absolute atomic E-state index is 5.84. The van der Waals surface area contributed by atoms with Gasteiger partial charge in [0.25, 0.3) is 0 Å². The molecule has 0 spiro atoms. The fraction of sp³-hybridized carbons (Fsp3) is 0. The van der Waals surface area contributed by atoms with Crippen LogP contribution in [0, 0.1) is 7.27 Å². The number of nitrogens with two attached hydrogens (primary N) is 1. The number of para-hydroxylation sites is 1. The zero-order chi connectivity index (χ0) is 8.72. The number of nitrogen functional groups attached to an aromatic ring is 1. The quantitative estimate of drug-likeness (QED) is 0.550. The molecule has 0 unspecified atom stereocenters. The lowest BCUT2D eigenvalue weighted by atomic mass is 10.3. The number of hydrogen-bond donors (Lipinski definition) is 1. The molecule has 0 radical (unpaired) electrons. The number of hydrogen-bond acceptors (Lipinski definition) is 1. The van der Waals surface area contributed by atoms with E-state index in [-0.39, 0.29) is 0 Å². The first-order valence-corrected chi connectivity index (χ1v) is 5.56. The highest BCUT2D eigenvalue weighted by molar-refractivity contribution is 14.1. The van der Waals surface area contributed by atoms with Gasteiger partial charge in [-0.3, -0.25) is 4.68 Å². The summed E-state index contributed by atoms with van der Waals surface area (Å²) in [6.07, 6.45) is 0. The van der Waals surface area contributed by atoms with E-state index >= 15 is 0 Å². The van der Waals surface area contributed by atoms with Crippen LogP contribution in [-0.4, -0.2) is 4.68 Å². The third-order valence-corrected chi connectivity index (χ3v) is 3.47. The molecule has 0 bridgehead atoms. The van der Waals surface area contributed by atoms with Gasteiger partial charge in [-0.05, 0) is 57.3 Å². The van der Waals surface area contributed by atoms with Crippen molar-refractivity contribution in [2.24, 2.45) is 0 Å². The topological polar surface area (TPSA) is 30.9 Å². The average Bonchev–Trinajstić information content (AvgIpc) is 2.29. The molecule has 0 aliphatic carbocycles. The first-order valence-electron chi connectivity index (χ1n) is 3.40. The molecule has 0 aliphatic rings. The molecule has 4 heteroatoms. The number of halogens is 2. The minimum atomic E-state index is 1.06. The van der Waals surface area contributed by atoms with E-state index in [1.54, 1.807) is 4.68 Å². The minimum Gasteiger partial charge on any atom is -0.338 e. The van der Waals surface area contributed by atoms with Crippen LogP contribution >= 0.6 is 45.2 Å². The molecule has 0 amide bonds. The van der Waals surface area contributed by atoms with Crippen LogP contribution in [0.15, 0.2) is 24.3 Å². The van der Waals surface area contributed by atoms with E-state index in [2.05, 4.69) is 63.4 Å². The van der Waals surface area contributed by atoms with Gasteiger partial charge in [-0.15, -0.1) is 0 Å². The largest absolute Gasteiger partial charge is 0.338 e. The smallest absolute Gasteiger partial charge is 0.101 e. The highest BCUT2D eigenvalue weighted by Crippen LogP contribution is 2.23. The molecule has 2 aromatic rings. The van der Waals surface area contributed by atoms with Crippen molar-refractivity contribution in [3.05, 3.63) is 31.5 Å². The summed E-state index contributed by atoms with van der Waals surface area (Å²) < 4.78 is 3.97. The van der Waals surface area contributed by atoms with Gasteiger partial charge in [-0.2, -0.15) is 0 Å². The lowest BCUT2D eigenvalue weighted by molar-refractivity contribution is 1.03. The molecule has 1 heterocycles. The molecular formula is C8H6I2N2. The highest BCUT2D eigenvalue weighted by Gasteiger charge is 2.05. The van der Waals surface area contributed by atoms with E-state index in [0.717, 1.165) is 9.22 Å². The lowest BCUT2D eigenvalue weighted by Gasteiger charge is -1.99. The Bertz CT molecular complexity index is 434. The number of rotatable bonds is 0. The Labute approximate surface area is 97.4 Å². The summed E-state index contributed by atoms with van der Waals surface area (Å²) in [6, 6.07) is 8.25. The van der Waals surface area contributed by atoms with Crippen LogP contribution < -0.4 is 5.84 Å². The Hall–Kier alpha value is 0.0200. The number of benzene rings is 1. The number of fused-ring (bicyclic) bond motifs is 1. The Balaban J connectivity index is 2.97. The Morgan fingerprint density at radius 1 is 1.25 bits per heavy atom. The summed E-state index contributed by atoms with van der Waals surface area (Å²) >= 11 is 4.52.